The first kappa shape index (κ1) is 24.5. The molecule has 0 spiro atoms. The van der Waals surface area contributed by atoms with E-state index in [4.69, 9.17) is 4.74 Å². The minimum absolute atomic E-state index is 0.0456. The fraction of sp³-hybridized carbons (Fsp3) is 0.357. The highest BCUT2D eigenvalue weighted by Crippen LogP contribution is 2.29. The van der Waals surface area contributed by atoms with Crippen molar-refractivity contribution < 1.29 is 19.1 Å². The van der Waals surface area contributed by atoms with Crippen molar-refractivity contribution >= 4 is 23.4 Å². The van der Waals surface area contributed by atoms with Crippen LogP contribution in [0.4, 0.5) is 5.69 Å². The lowest BCUT2D eigenvalue weighted by atomic mass is 9.94. The summed E-state index contributed by atoms with van der Waals surface area (Å²) < 4.78 is 7.64. The summed E-state index contributed by atoms with van der Waals surface area (Å²) >= 11 is 0. The van der Waals surface area contributed by atoms with Crippen LogP contribution in [0.2, 0.25) is 0 Å². The van der Waals surface area contributed by atoms with Crippen LogP contribution in [-0.4, -0.2) is 46.2 Å². The molecule has 0 radical (unpaired) electrons. The van der Waals surface area contributed by atoms with Gasteiger partial charge in [0.05, 0.1) is 17.5 Å². The van der Waals surface area contributed by atoms with Gasteiger partial charge in [-0.05, 0) is 62.4 Å². The summed E-state index contributed by atoms with van der Waals surface area (Å²) in [6.45, 7) is 5.04. The smallest absolute Gasteiger partial charge is 0.265 e. The van der Waals surface area contributed by atoms with Crippen LogP contribution in [0.5, 0.6) is 5.75 Å². The molecular weight excluding hydrogens is 470 g/mol. The molecule has 3 heterocycles. The Hall–Kier alpha value is -4.14. The minimum Gasteiger partial charge on any atom is -0.480 e. The van der Waals surface area contributed by atoms with Gasteiger partial charge in [0.15, 0.2) is 6.10 Å². The van der Waals surface area contributed by atoms with Gasteiger partial charge in [-0.15, -0.1) is 0 Å². The van der Waals surface area contributed by atoms with Crippen LogP contribution in [0.25, 0.3) is 0 Å². The maximum atomic E-state index is 12.9. The first-order chi connectivity index (χ1) is 17.9. The van der Waals surface area contributed by atoms with Gasteiger partial charge in [-0.2, -0.15) is 5.10 Å². The number of nitrogens with zero attached hydrogens (tertiary/aromatic N) is 2. The average molecular weight is 502 g/mol. The summed E-state index contributed by atoms with van der Waals surface area (Å²) in [6, 6.07) is 14.5. The maximum Gasteiger partial charge on any atom is 0.265 e. The third-order valence-corrected chi connectivity index (χ3v) is 6.73. The molecule has 2 aromatic carbocycles. The highest BCUT2D eigenvalue weighted by molar-refractivity contribution is 5.98. The molecule has 3 amide bonds. The number of fused-ring (bicyclic) bond motifs is 2. The van der Waals surface area contributed by atoms with Crippen LogP contribution in [0.3, 0.4) is 0 Å². The van der Waals surface area contributed by atoms with E-state index in [1.54, 1.807) is 30.5 Å². The van der Waals surface area contributed by atoms with Crippen LogP contribution in [-0.2, 0) is 24.2 Å². The number of hydrogen-bond donors (Lipinski definition) is 3. The molecule has 0 fully saturated rings. The zero-order valence-electron chi connectivity index (χ0n) is 21.0. The number of para-hydroxylation sites is 1. The molecule has 9 nitrogen and oxygen atoms in total. The molecule has 2 atom stereocenters. The van der Waals surface area contributed by atoms with Crippen molar-refractivity contribution in [2.75, 3.05) is 11.9 Å². The number of rotatable bonds is 7. The molecule has 1 aromatic heterocycles. The minimum atomic E-state index is -0.595. The van der Waals surface area contributed by atoms with E-state index in [1.165, 1.54) is 0 Å². The molecule has 3 aromatic rings. The summed E-state index contributed by atoms with van der Waals surface area (Å²) in [6.07, 6.45) is 3.08. The first-order valence-corrected chi connectivity index (χ1v) is 12.7. The van der Waals surface area contributed by atoms with Crippen molar-refractivity contribution in [3.8, 4) is 5.75 Å². The van der Waals surface area contributed by atoms with Gasteiger partial charge in [-0.1, -0.05) is 24.3 Å². The number of aromatic nitrogens is 2. The number of nitrogens with one attached hydrogen (secondary N) is 3. The van der Waals surface area contributed by atoms with E-state index < -0.39 is 6.10 Å². The number of ether oxygens (including phenoxy) is 1. The van der Waals surface area contributed by atoms with Crippen LogP contribution in [0.1, 0.15) is 52.2 Å². The monoisotopic (exact) mass is 501 g/mol. The average Bonchev–Trinajstić information content (AvgIpc) is 3.51. The Morgan fingerprint density at radius 3 is 2.73 bits per heavy atom. The Balaban J connectivity index is 1.16. The number of carbonyl (C=O) groups is 3. The quantitative estimate of drug-likeness (QED) is 0.461. The fourth-order valence-electron chi connectivity index (χ4n) is 4.83. The Morgan fingerprint density at radius 1 is 1.08 bits per heavy atom. The van der Waals surface area contributed by atoms with Gasteiger partial charge in [-0.3, -0.25) is 19.1 Å². The maximum absolute atomic E-state index is 12.9. The van der Waals surface area contributed by atoms with Crippen molar-refractivity contribution in [2.24, 2.45) is 5.92 Å². The van der Waals surface area contributed by atoms with Crippen molar-refractivity contribution in [3.63, 3.8) is 0 Å². The molecule has 3 N–H and O–H groups in total. The summed E-state index contributed by atoms with van der Waals surface area (Å²) in [4.78, 5) is 38.2. The van der Waals surface area contributed by atoms with E-state index in [0.717, 1.165) is 23.4 Å². The molecule has 0 aliphatic carbocycles. The Bertz CT molecular complexity index is 1310. The number of carbonyl (C=O) groups excluding carboxylic acids is 3. The highest BCUT2D eigenvalue weighted by Gasteiger charge is 2.29. The number of anilines is 1. The van der Waals surface area contributed by atoms with Crippen molar-refractivity contribution in [1.82, 2.24) is 20.4 Å². The molecule has 0 bridgehead atoms. The number of aryl methyl sites for hydroxylation is 1. The molecule has 9 heteroatoms. The molecule has 2 unspecified atom stereocenters. The lowest BCUT2D eigenvalue weighted by Gasteiger charge is -2.24. The van der Waals surface area contributed by atoms with E-state index in [9.17, 15) is 14.4 Å². The van der Waals surface area contributed by atoms with Gasteiger partial charge in [0.1, 0.15) is 5.75 Å². The molecule has 0 saturated carbocycles. The molecule has 2 aliphatic rings. The van der Waals surface area contributed by atoms with Crippen molar-refractivity contribution in [3.05, 3.63) is 77.1 Å². The molecule has 5 rings (SSSR count). The molecule has 192 valence electrons. The van der Waals surface area contributed by atoms with Gasteiger partial charge in [0.2, 0.25) is 0 Å². The zero-order chi connectivity index (χ0) is 25.9. The summed E-state index contributed by atoms with van der Waals surface area (Å²) in [5, 5.41) is 13.2. The Kier molecular flexibility index (Phi) is 6.94. The van der Waals surface area contributed by atoms with Crippen LogP contribution in [0, 0.1) is 5.92 Å². The van der Waals surface area contributed by atoms with Crippen molar-refractivity contribution in [2.45, 2.75) is 51.8 Å². The fourth-order valence-corrected chi connectivity index (χ4v) is 4.83. The highest BCUT2D eigenvalue weighted by atomic mass is 16.5. The topological polar surface area (TPSA) is 114 Å². The third-order valence-electron chi connectivity index (χ3n) is 6.73. The number of hydrogen-bond acceptors (Lipinski definition) is 5. The van der Waals surface area contributed by atoms with Gasteiger partial charge < -0.3 is 20.7 Å². The van der Waals surface area contributed by atoms with Crippen molar-refractivity contribution in [1.29, 1.82) is 0 Å². The summed E-state index contributed by atoms with van der Waals surface area (Å²) in [5.41, 5.74) is 3.52. The van der Waals surface area contributed by atoms with Gasteiger partial charge in [0.25, 0.3) is 17.7 Å². The number of benzene rings is 2. The Labute approximate surface area is 215 Å². The van der Waals surface area contributed by atoms with Gasteiger partial charge in [0, 0.05) is 36.8 Å². The second-order valence-corrected chi connectivity index (χ2v) is 9.91. The largest absolute Gasteiger partial charge is 0.480 e. The predicted molar refractivity (Wildman–Crippen MR) is 139 cm³/mol. The third kappa shape index (κ3) is 5.50. The van der Waals surface area contributed by atoms with Crippen LogP contribution in [0.15, 0.2) is 54.7 Å². The van der Waals surface area contributed by atoms with Crippen LogP contribution >= 0.6 is 0 Å². The zero-order valence-corrected chi connectivity index (χ0v) is 21.0. The van der Waals surface area contributed by atoms with E-state index >= 15 is 0 Å². The van der Waals surface area contributed by atoms with E-state index in [1.807, 2.05) is 42.8 Å². The molecule has 2 aliphatic heterocycles. The Morgan fingerprint density at radius 2 is 1.92 bits per heavy atom. The lowest BCUT2D eigenvalue weighted by Crippen LogP contribution is -2.35. The predicted octanol–water partition coefficient (Wildman–Crippen LogP) is 2.96. The van der Waals surface area contributed by atoms with E-state index in [-0.39, 0.29) is 29.7 Å². The van der Waals surface area contributed by atoms with E-state index in [2.05, 4.69) is 21.0 Å². The lowest BCUT2D eigenvalue weighted by molar-refractivity contribution is -0.122. The SMILES string of the molecule is CC(C)NC(=O)c1cnn2c1CC(CNC(=O)c1cccc(NC(=O)C3Cc4ccccc4O3)c1)CC2. The van der Waals surface area contributed by atoms with Gasteiger partial charge in [-0.25, -0.2) is 0 Å². The van der Waals surface area contributed by atoms with E-state index in [0.29, 0.717) is 42.7 Å². The first-order valence-electron chi connectivity index (χ1n) is 12.7. The molecule has 0 saturated heterocycles. The number of amides is 3. The second-order valence-electron chi connectivity index (χ2n) is 9.91. The van der Waals surface area contributed by atoms with Crippen LogP contribution < -0.4 is 20.7 Å². The standard InChI is InChI=1S/C28H31N5O4/c1-17(2)31-27(35)22-16-30-33-11-10-18(12-23(22)33)15-29-26(34)20-7-5-8-21(13-20)32-28(36)25-14-19-6-3-4-9-24(19)37-25/h3-9,13,16-18,25H,10-12,14-15H2,1-2H3,(H,29,34)(H,31,35)(H,32,36). The summed E-state index contributed by atoms with van der Waals surface area (Å²) in [7, 11) is 0. The van der Waals surface area contributed by atoms with Gasteiger partial charge >= 0.3 is 0 Å². The normalized spacial score (nSPS) is 17.9. The molecular formula is C28H31N5O4. The second kappa shape index (κ2) is 10.5. The molecule has 37 heavy (non-hydrogen) atoms. The summed E-state index contributed by atoms with van der Waals surface area (Å²) in [5.74, 6) is 0.353.